The molecule has 0 radical (unpaired) electrons. The summed E-state index contributed by atoms with van der Waals surface area (Å²) in [6, 6.07) is 10.8. The maximum Gasteiger partial charge on any atom is 0.132 e. The van der Waals surface area contributed by atoms with Crippen LogP contribution in [0, 0.1) is 0 Å². The van der Waals surface area contributed by atoms with Gasteiger partial charge in [0.2, 0.25) is 0 Å². The van der Waals surface area contributed by atoms with E-state index >= 15 is 0 Å². The van der Waals surface area contributed by atoms with Crippen LogP contribution in [0.25, 0.3) is 0 Å². The molecule has 0 amide bonds. The van der Waals surface area contributed by atoms with Gasteiger partial charge >= 0.3 is 0 Å². The van der Waals surface area contributed by atoms with Crippen LogP contribution in [-0.2, 0) is 0 Å². The van der Waals surface area contributed by atoms with Gasteiger partial charge in [-0.3, -0.25) is 9.38 Å². The Hall–Kier alpha value is -0.130. The summed E-state index contributed by atoms with van der Waals surface area (Å²) in [5.74, 6) is 0. The quantitative estimate of drug-likeness (QED) is 0.454. The molecule has 2 nitrogen and oxygen atoms in total. The van der Waals surface area contributed by atoms with E-state index in [-0.39, 0.29) is 24.0 Å². The van der Waals surface area contributed by atoms with E-state index in [1.807, 2.05) is 0 Å². The molecule has 0 aliphatic carbocycles. The third kappa shape index (κ3) is 2.92. The minimum atomic E-state index is 0. The second-order valence-corrected chi connectivity index (χ2v) is 4.48. The number of nitrogens with zero attached hydrogens (tertiary/aromatic N) is 2. The van der Waals surface area contributed by atoms with E-state index in [0.717, 1.165) is 4.48 Å². The lowest BCUT2D eigenvalue weighted by Crippen LogP contribution is -3.00. The zero-order valence-corrected chi connectivity index (χ0v) is 11.6. The first-order valence-electron chi connectivity index (χ1n) is 5.29. The number of piperazine rings is 1. The minimum Gasteiger partial charge on any atom is -1.00 e. The van der Waals surface area contributed by atoms with Crippen molar-refractivity contribution in [3.63, 3.8) is 0 Å². The largest absolute Gasteiger partial charge is 1.00 e. The summed E-state index contributed by atoms with van der Waals surface area (Å²) >= 11 is 0. The van der Waals surface area contributed by atoms with Crippen LogP contribution in [0.2, 0.25) is 0 Å². The van der Waals surface area contributed by atoms with Gasteiger partial charge in [0.15, 0.2) is 0 Å². The summed E-state index contributed by atoms with van der Waals surface area (Å²) in [5.41, 5.74) is 1.45. The van der Waals surface area contributed by atoms with Gasteiger partial charge in [0, 0.05) is 13.1 Å². The van der Waals surface area contributed by atoms with Crippen molar-refractivity contribution < 1.29 is 24.0 Å². The third-order valence-electron chi connectivity index (χ3n) is 3.33. The van der Waals surface area contributed by atoms with Gasteiger partial charge < -0.3 is 24.0 Å². The van der Waals surface area contributed by atoms with Crippen molar-refractivity contribution in [3.8, 4) is 0 Å². The van der Waals surface area contributed by atoms with Crippen molar-refractivity contribution in [2.24, 2.45) is 0 Å². The van der Waals surface area contributed by atoms with Gasteiger partial charge in [-0.1, -0.05) is 18.2 Å². The van der Waals surface area contributed by atoms with Crippen LogP contribution in [0.15, 0.2) is 30.3 Å². The summed E-state index contributed by atoms with van der Waals surface area (Å²) < 4.78 is 1.09. The fourth-order valence-corrected chi connectivity index (χ4v) is 2.05. The average Bonchev–Trinajstić information content (AvgIpc) is 2.24. The molecule has 0 bridgehead atoms. The standard InChI is InChI=1S/C12H19N2.HI/c1-13-8-10-14(2,11-9-13)12-6-4-3-5-7-12;/h3-7H,8-11H2,1-2H3;1H/q+1;/p-1. The molecule has 1 aromatic carbocycles. The average molecular weight is 318 g/mol. The van der Waals surface area contributed by atoms with E-state index in [1.165, 1.54) is 31.9 Å². The highest BCUT2D eigenvalue weighted by Gasteiger charge is 2.28. The van der Waals surface area contributed by atoms with Crippen LogP contribution in [0.5, 0.6) is 0 Å². The molecule has 1 aromatic rings. The molecule has 3 heteroatoms. The minimum absolute atomic E-state index is 0. The molecule has 1 aliphatic rings. The van der Waals surface area contributed by atoms with Crippen molar-refractivity contribution >= 4 is 5.69 Å². The van der Waals surface area contributed by atoms with Gasteiger partial charge in [-0.2, -0.15) is 0 Å². The number of hydrogen-bond donors (Lipinski definition) is 0. The zero-order valence-electron chi connectivity index (χ0n) is 9.49. The summed E-state index contributed by atoms with van der Waals surface area (Å²) in [5, 5.41) is 0. The van der Waals surface area contributed by atoms with E-state index < -0.39 is 0 Å². The first-order chi connectivity index (χ1) is 6.71. The van der Waals surface area contributed by atoms with E-state index in [9.17, 15) is 0 Å². The Kier molecular flexibility index (Phi) is 4.55. The van der Waals surface area contributed by atoms with Crippen LogP contribution in [0.1, 0.15) is 0 Å². The van der Waals surface area contributed by atoms with E-state index in [2.05, 4.69) is 49.3 Å². The number of halogens is 1. The van der Waals surface area contributed by atoms with Gasteiger partial charge in [-0.05, 0) is 19.2 Å². The van der Waals surface area contributed by atoms with Crippen LogP contribution < -0.4 is 28.5 Å². The molecule has 2 rings (SSSR count). The van der Waals surface area contributed by atoms with Crippen molar-refractivity contribution in [3.05, 3.63) is 30.3 Å². The van der Waals surface area contributed by atoms with Crippen LogP contribution in [0.4, 0.5) is 5.69 Å². The maximum absolute atomic E-state index is 2.41. The van der Waals surface area contributed by atoms with Gasteiger partial charge in [0.05, 0.1) is 20.1 Å². The molecule has 1 saturated heterocycles. The van der Waals surface area contributed by atoms with Crippen molar-refractivity contribution in [2.45, 2.75) is 0 Å². The first kappa shape index (κ1) is 12.9. The van der Waals surface area contributed by atoms with Crippen molar-refractivity contribution in [1.29, 1.82) is 0 Å². The molecule has 1 fully saturated rings. The molecule has 0 aromatic heterocycles. The molecule has 84 valence electrons. The van der Waals surface area contributed by atoms with Crippen LogP contribution in [0.3, 0.4) is 0 Å². The second-order valence-electron chi connectivity index (χ2n) is 4.48. The smallest absolute Gasteiger partial charge is 0.132 e. The molecule has 0 saturated carbocycles. The highest BCUT2D eigenvalue weighted by molar-refractivity contribution is 5.42. The first-order valence-corrected chi connectivity index (χ1v) is 5.29. The van der Waals surface area contributed by atoms with Gasteiger partial charge in [-0.15, -0.1) is 0 Å². The normalized spacial score (nSPS) is 20.7. The molecular weight excluding hydrogens is 299 g/mol. The Morgan fingerprint density at radius 2 is 1.60 bits per heavy atom. The van der Waals surface area contributed by atoms with Crippen LogP contribution >= 0.6 is 0 Å². The lowest BCUT2D eigenvalue weighted by Gasteiger charge is -2.40. The Bertz CT molecular complexity index is 292. The number of benzene rings is 1. The van der Waals surface area contributed by atoms with E-state index in [4.69, 9.17) is 0 Å². The maximum atomic E-state index is 2.41. The Labute approximate surface area is 109 Å². The fraction of sp³-hybridized carbons (Fsp3) is 0.500. The van der Waals surface area contributed by atoms with E-state index in [1.54, 1.807) is 0 Å². The van der Waals surface area contributed by atoms with Crippen LogP contribution in [-0.4, -0.2) is 45.2 Å². The zero-order chi connectivity index (χ0) is 10.0. The topological polar surface area (TPSA) is 3.24 Å². The van der Waals surface area contributed by atoms with Gasteiger partial charge in [0.1, 0.15) is 5.69 Å². The summed E-state index contributed by atoms with van der Waals surface area (Å²) in [7, 11) is 4.54. The molecule has 0 N–H and O–H groups in total. The highest BCUT2D eigenvalue weighted by Crippen LogP contribution is 2.21. The lowest BCUT2D eigenvalue weighted by atomic mass is 10.2. The Morgan fingerprint density at radius 1 is 1.07 bits per heavy atom. The molecule has 1 aliphatic heterocycles. The monoisotopic (exact) mass is 318 g/mol. The predicted molar refractivity (Wildman–Crippen MR) is 61.4 cm³/mol. The number of hydrogen-bond acceptors (Lipinski definition) is 1. The molecule has 1 heterocycles. The molecule has 15 heavy (non-hydrogen) atoms. The van der Waals surface area contributed by atoms with Crippen molar-refractivity contribution in [1.82, 2.24) is 9.38 Å². The molecule has 0 unspecified atom stereocenters. The predicted octanol–water partition coefficient (Wildman–Crippen LogP) is -1.43. The lowest BCUT2D eigenvalue weighted by molar-refractivity contribution is -0.00000300. The molecule has 0 atom stereocenters. The van der Waals surface area contributed by atoms with Crippen molar-refractivity contribution in [2.75, 3.05) is 40.3 Å². The number of para-hydroxylation sites is 1. The Balaban J connectivity index is 0.00000112. The number of rotatable bonds is 1. The second kappa shape index (κ2) is 5.27. The van der Waals surface area contributed by atoms with Gasteiger partial charge in [-0.25, -0.2) is 0 Å². The summed E-state index contributed by atoms with van der Waals surface area (Å²) in [6.45, 7) is 4.85. The highest BCUT2D eigenvalue weighted by atomic mass is 127. The van der Waals surface area contributed by atoms with Gasteiger partial charge in [0.25, 0.3) is 0 Å². The molecular formula is C12H19IN2. The number of likely N-dealkylation sites (N-methyl/N-ethyl adjacent to an activating group) is 2. The van der Waals surface area contributed by atoms with E-state index in [0.29, 0.717) is 0 Å². The summed E-state index contributed by atoms with van der Waals surface area (Å²) in [6.07, 6.45) is 0. The summed E-state index contributed by atoms with van der Waals surface area (Å²) in [4.78, 5) is 2.41. The Morgan fingerprint density at radius 3 is 2.13 bits per heavy atom. The number of quaternary nitrogens is 1. The fourth-order valence-electron chi connectivity index (χ4n) is 2.05. The molecule has 0 spiro atoms. The third-order valence-corrected chi connectivity index (χ3v) is 3.33. The SMILES string of the molecule is CN1CC[N+](C)(c2ccccc2)CC1.[I-].